The van der Waals surface area contributed by atoms with Crippen molar-refractivity contribution >= 4 is 64.9 Å². The molecule has 1 saturated heterocycles. The second-order valence-corrected chi connectivity index (χ2v) is 18.4. The molecular formula is C50H63N3O14S2. The lowest BCUT2D eigenvalue weighted by atomic mass is 9.88. The van der Waals surface area contributed by atoms with E-state index in [1.165, 1.54) is 18.7 Å². The molecule has 1 aliphatic heterocycles. The fraction of sp³-hybridized carbons (Fsp3) is 0.460. The number of aliphatic hydroxyl groups excluding tert-OH is 1. The number of ketones is 1. The van der Waals surface area contributed by atoms with Gasteiger partial charge in [-0.1, -0.05) is 62.0 Å². The lowest BCUT2D eigenvalue weighted by Crippen LogP contribution is -2.69. The standard InChI is InChI=1S/C50H63N3O14S2/c1-7-24-63-41-29-38(48(60)51-23-28-68-8-2)21-22-39(41)40(57)16-12-26-69-27-13-25-64-50(49(61)62-6)30-42(65-33(4)55)44(53-32(3)54)46(67-50)45(58)43(66-34(5)56)31-52-47(59)37-19-17-36(18-20-37)35-14-10-9-11-15-35/h7,9-11,14-15,17-22,29,42-46,58H,1,8,12-13,16,23-28,30-31H2,2-6H3,(H,51,60)(H,52,59)(H,53,54)/t42-,43+,44+,45+,46+,50+/m0/s1. The zero-order chi connectivity index (χ0) is 50.3. The summed E-state index contributed by atoms with van der Waals surface area (Å²) in [4.78, 5) is 90.4. The number of thioether (sulfide) groups is 2. The predicted octanol–water partition coefficient (Wildman–Crippen LogP) is 5.32. The number of aliphatic hydroxyl groups is 1. The van der Waals surface area contributed by atoms with Crippen LogP contribution < -0.4 is 20.7 Å². The minimum absolute atomic E-state index is 0.0880. The van der Waals surface area contributed by atoms with Gasteiger partial charge < -0.3 is 49.5 Å². The number of rotatable bonds is 28. The monoisotopic (exact) mass is 993 g/mol. The third-order valence-corrected chi connectivity index (χ3v) is 12.6. The third kappa shape index (κ3) is 17.3. The molecule has 6 atom stereocenters. The normalized spacial score (nSPS) is 18.4. The summed E-state index contributed by atoms with van der Waals surface area (Å²) in [5, 5.41) is 20.2. The fourth-order valence-electron chi connectivity index (χ4n) is 7.42. The molecule has 0 aromatic heterocycles. The molecule has 3 aromatic carbocycles. The largest absolute Gasteiger partial charge is 0.489 e. The first-order chi connectivity index (χ1) is 33.1. The first-order valence-corrected chi connectivity index (χ1v) is 24.9. The summed E-state index contributed by atoms with van der Waals surface area (Å²) in [7, 11) is 1.10. The Labute approximate surface area is 411 Å². The summed E-state index contributed by atoms with van der Waals surface area (Å²) < 4.78 is 34.4. The lowest BCUT2D eigenvalue weighted by molar-refractivity contribution is -0.312. The highest BCUT2D eigenvalue weighted by molar-refractivity contribution is 7.99. The number of benzene rings is 3. The van der Waals surface area contributed by atoms with Crippen molar-refractivity contribution in [2.45, 2.75) is 89.6 Å². The van der Waals surface area contributed by atoms with Crippen LogP contribution in [0.2, 0.25) is 0 Å². The van der Waals surface area contributed by atoms with E-state index in [2.05, 4.69) is 22.5 Å². The van der Waals surface area contributed by atoms with Crippen molar-refractivity contribution in [1.29, 1.82) is 0 Å². The zero-order valence-electron chi connectivity index (χ0n) is 39.7. The van der Waals surface area contributed by atoms with Gasteiger partial charge in [-0.15, -0.1) is 0 Å². The predicted molar refractivity (Wildman–Crippen MR) is 262 cm³/mol. The first-order valence-electron chi connectivity index (χ1n) is 22.6. The summed E-state index contributed by atoms with van der Waals surface area (Å²) in [6, 6.07) is 19.8. The molecule has 0 spiro atoms. The van der Waals surface area contributed by atoms with E-state index in [1.807, 2.05) is 37.3 Å². The van der Waals surface area contributed by atoms with Gasteiger partial charge in [0.1, 0.15) is 36.8 Å². The summed E-state index contributed by atoms with van der Waals surface area (Å²) >= 11 is 3.25. The Bertz CT molecular complexity index is 2210. The number of amides is 3. The first kappa shape index (κ1) is 55.9. The molecule has 19 heteroatoms. The minimum Gasteiger partial charge on any atom is -0.489 e. The number of esters is 3. The van der Waals surface area contributed by atoms with Crippen LogP contribution >= 0.6 is 23.5 Å². The highest BCUT2D eigenvalue weighted by Crippen LogP contribution is 2.36. The molecule has 0 unspecified atom stereocenters. The number of methoxy groups -OCH3 is 1. The van der Waals surface area contributed by atoms with Gasteiger partial charge in [-0.2, -0.15) is 23.5 Å². The third-order valence-electron chi connectivity index (χ3n) is 10.6. The molecule has 0 bridgehead atoms. The Morgan fingerprint density at radius 2 is 1.55 bits per heavy atom. The molecular weight excluding hydrogens is 931 g/mol. The quantitative estimate of drug-likeness (QED) is 0.0237. The summed E-state index contributed by atoms with van der Waals surface area (Å²) in [6.45, 7) is 9.29. The van der Waals surface area contributed by atoms with Crippen LogP contribution in [-0.4, -0.2) is 139 Å². The number of nitrogens with one attached hydrogen (secondary N) is 3. The summed E-state index contributed by atoms with van der Waals surface area (Å²) in [6.07, 6.45) is -4.14. The number of carbonyl (C=O) groups is 7. The van der Waals surface area contributed by atoms with Gasteiger partial charge in [0.15, 0.2) is 5.78 Å². The molecule has 1 aliphatic rings. The van der Waals surface area contributed by atoms with E-state index in [0.717, 1.165) is 43.6 Å². The Hall–Kier alpha value is -5.73. The Balaban J connectivity index is 1.42. The van der Waals surface area contributed by atoms with Gasteiger partial charge >= 0.3 is 17.9 Å². The van der Waals surface area contributed by atoms with Crippen molar-refractivity contribution < 1.29 is 67.1 Å². The van der Waals surface area contributed by atoms with Crippen molar-refractivity contribution in [3.63, 3.8) is 0 Å². The van der Waals surface area contributed by atoms with Gasteiger partial charge in [0, 0.05) is 50.6 Å². The van der Waals surface area contributed by atoms with Crippen LogP contribution in [0.15, 0.2) is 85.5 Å². The van der Waals surface area contributed by atoms with Crippen LogP contribution in [0, 0.1) is 0 Å². The zero-order valence-corrected chi connectivity index (χ0v) is 41.3. The van der Waals surface area contributed by atoms with E-state index in [4.69, 9.17) is 28.4 Å². The van der Waals surface area contributed by atoms with Gasteiger partial charge in [0.05, 0.1) is 38.3 Å². The van der Waals surface area contributed by atoms with Gasteiger partial charge in [0.25, 0.3) is 17.6 Å². The van der Waals surface area contributed by atoms with Gasteiger partial charge in [-0.05, 0) is 71.6 Å². The van der Waals surface area contributed by atoms with E-state index < -0.39 is 78.9 Å². The number of hydrogen-bond acceptors (Lipinski definition) is 16. The molecule has 1 heterocycles. The van der Waals surface area contributed by atoms with Crippen LogP contribution in [-0.2, 0) is 42.9 Å². The molecule has 3 amide bonds. The highest BCUT2D eigenvalue weighted by Gasteiger charge is 2.58. The van der Waals surface area contributed by atoms with E-state index in [1.54, 1.807) is 60.3 Å². The molecule has 17 nitrogen and oxygen atoms in total. The van der Waals surface area contributed by atoms with Crippen LogP contribution in [0.1, 0.15) is 84.5 Å². The van der Waals surface area contributed by atoms with Crippen molar-refractivity contribution in [3.8, 4) is 16.9 Å². The van der Waals surface area contributed by atoms with Crippen molar-refractivity contribution in [2.75, 3.05) is 56.4 Å². The topological polar surface area (TPSA) is 231 Å². The molecule has 4 rings (SSSR count). The molecule has 4 N–H and O–H groups in total. The number of carbonyl (C=O) groups excluding carboxylic acids is 7. The van der Waals surface area contributed by atoms with Crippen molar-refractivity contribution in [2.24, 2.45) is 0 Å². The van der Waals surface area contributed by atoms with Crippen molar-refractivity contribution in [3.05, 3.63) is 102 Å². The average Bonchev–Trinajstić information content (AvgIpc) is 3.34. The average molecular weight is 994 g/mol. The van der Waals surface area contributed by atoms with Gasteiger partial charge in [-0.3, -0.25) is 28.8 Å². The van der Waals surface area contributed by atoms with E-state index >= 15 is 0 Å². The lowest BCUT2D eigenvalue weighted by Gasteiger charge is -2.48. The Morgan fingerprint density at radius 3 is 2.20 bits per heavy atom. The summed E-state index contributed by atoms with van der Waals surface area (Å²) in [5.41, 5.74) is 2.85. The molecule has 3 aromatic rings. The molecule has 0 aliphatic carbocycles. The highest BCUT2D eigenvalue weighted by atomic mass is 32.2. The fourth-order valence-corrected chi connectivity index (χ4v) is 8.82. The Morgan fingerprint density at radius 1 is 0.870 bits per heavy atom. The van der Waals surface area contributed by atoms with Crippen LogP contribution in [0.4, 0.5) is 0 Å². The Kier molecular flexibility index (Phi) is 23.2. The van der Waals surface area contributed by atoms with Gasteiger partial charge in [-0.25, -0.2) is 4.79 Å². The molecule has 374 valence electrons. The molecule has 0 saturated carbocycles. The molecule has 0 radical (unpaired) electrons. The molecule has 1 fully saturated rings. The van der Waals surface area contributed by atoms with E-state index in [9.17, 15) is 38.7 Å². The second kappa shape index (κ2) is 28.7. The maximum atomic E-state index is 13.6. The second-order valence-electron chi connectivity index (χ2n) is 15.8. The smallest absolute Gasteiger partial charge is 0.366 e. The number of Topliss-reactive ketones (excluding diaryl/α,β-unsaturated/α-hetero) is 1. The SMILES string of the molecule is C=CCOc1cc(C(=O)NCCSCC)ccc1C(=O)CCCSCCCO[C@]1(C(=O)OC)C[C@H](OC(C)=O)[C@@H](NC(C)=O)[C@H]([C@H](O)[C@@H](CNC(=O)c2ccc(-c3ccccc3)cc2)OC(C)=O)O1. The minimum atomic E-state index is -2.28. The van der Waals surface area contributed by atoms with Crippen LogP contribution in [0.5, 0.6) is 5.75 Å². The molecule has 69 heavy (non-hydrogen) atoms. The van der Waals surface area contributed by atoms with Crippen LogP contribution in [0.25, 0.3) is 11.1 Å². The van der Waals surface area contributed by atoms with E-state index in [-0.39, 0.29) is 36.9 Å². The van der Waals surface area contributed by atoms with Crippen LogP contribution in [0.3, 0.4) is 0 Å². The maximum absolute atomic E-state index is 13.6. The number of hydrogen-bond donors (Lipinski definition) is 4. The van der Waals surface area contributed by atoms with Gasteiger partial charge in [0.2, 0.25) is 5.91 Å². The maximum Gasteiger partial charge on any atom is 0.366 e. The van der Waals surface area contributed by atoms with Crippen molar-refractivity contribution in [1.82, 2.24) is 16.0 Å². The number of ether oxygens (including phenoxy) is 6. The summed E-state index contributed by atoms with van der Waals surface area (Å²) in [5.74, 6) is -3.32. The van der Waals surface area contributed by atoms with E-state index in [0.29, 0.717) is 47.8 Å².